The van der Waals surface area contributed by atoms with Crippen molar-refractivity contribution in [3.8, 4) is 17.4 Å². The van der Waals surface area contributed by atoms with Gasteiger partial charge in [0.25, 0.3) is 0 Å². The molecule has 0 atom stereocenters. The molecule has 0 bridgehead atoms. The lowest BCUT2D eigenvalue weighted by Gasteiger charge is -2.07. The van der Waals surface area contributed by atoms with Crippen LogP contribution < -0.4 is 14.8 Å². The lowest BCUT2D eigenvalue weighted by Crippen LogP contribution is -2.09. The molecule has 0 aliphatic carbocycles. The first-order valence-electron chi connectivity index (χ1n) is 7.71. The summed E-state index contributed by atoms with van der Waals surface area (Å²) in [6, 6.07) is 5.39. The van der Waals surface area contributed by atoms with E-state index < -0.39 is 0 Å². The molecule has 0 aliphatic heterocycles. The Balaban J connectivity index is 1.64. The van der Waals surface area contributed by atoms with Crippen molar-refractivity contribution in [2.75, 3.05) is 19.5 Å². The maximum atomic E-state index is 12.1. The molecule has 8 heteroatoms. The summed E-state index contributed by atoms with van der Waals surface area (Å²) in [6.07, 6.45) is 11.1. The molecule has 0 saturated heterocycles. The van der Waals surface area contributed by atoms with E-state index in [1.54, 1.807) is 55.7 Å². The Morgan fingerprint density at radius 2 is 1.92 bits per heavy atom. The summed E-state index contributed by atoms with van der Waals surface area (Å²) in [5, 5.41) is 2.70. The second-order valence-corrected chi connectivity index (χ2v) is 5.18. The number of ether oxygens (including phenoxy) is 2. The maximum absolute atomic E-state index is 12.1. The van der Waals surface area contributed by atoms with Gasteiger partial charge >= 0.3 is 0 Å². The fourth-order valence-corrected chi connectivity index (χ4v) is 2.21. The summed E-state index contributed by atoms with van der Waals surface area (Å²) in [6.45, 7) is 0. The largest absolute Gasteiger partial charge is 0.493 e. The molecule has 2 heterocycles. The first-order valence-corrected chi connectivity index (χ1v) is 7.71. The van der Waals surface area contributed by atoms with Crippen LogP contribution in [-0.2, 0) is 4.79 Å². The molecule has 0 fully saturated rings. The number of hydrogen-bond donors (Lipinski definition) is 1. The van der Waals surface area contributed by atoms with Crippen LogP contribution >= 0.6 is 0 Å². The van der Waals surface area contributed by atoms with Gasteiger partial charge < -0.3 is 14.8 Å². The second-order valence-electron chi connectivity index (χ2n) is 5.18. The van der Waals surface area contributed by atoms with Gasteiger partial charge in [0.05, 0.1) is 32.3 Å². The second kappa shape index (κ2) is 7.93. The maximum Gasteiger partial charge on any atom is 0.248 e. The van der Waals surface area contributed by atoms with Crippen molar-refractivity contribution in [2.45, 2.75) is 0 Å². The molecule has 26 heavy (non-hydrogen) atoms. The number of aromatic nitrogens is 4. The highest BCUT2D eigenvalue weighted by molar-refractivity contribution is 6.01. The molecule has 0 unspecified atom stereocenters. The lowest BCUT2D eigenvalue weighted by molar-refractivity contribution is -0.111. The van der Waals surface area contributed by atoms with Gasteiger partial charge in [0, 0.05) is 18.5 Å². The predicted molar refractivity (Wildman–Crippen MR) is 96.4 cm³/mol. The highest BCUT2D eigenvalue weighted by Crippen LogP contribution is 2.27. The van der Waals surface area contributed by atoms with Gasteiger partial charge in [0.1, 0.15) is 6.33 Å². The van der Waals surface area contributed by atoms with Crippen LogP contribution in [0.25, 0.3) is 12.0 Å². The zero-order valence-electron chi connectivity index (χ0n) is 14.3. The molecule has 2 aromatic heterocycles. The number of rotatable bonds is 6. The number of carbonyl (C=O) groups is 1. The van der Waals surface area contributed by atoms with Crippen molar-refractivity contribution in [3.05, 3.63) is 61.0 Å². The average molecular weight is 351 g/mol. The minimum absolute atomic E-state index is 0.293. The summed E-state index contributed by atoms with van der Waals surface area (Å²) in [5.41, 5.74) is 1.31. The Kier molecular flexibility index (Phi) is 5.23. The van der Waals surface area contributed by atoms with Gasteiger partial charge in [-0.15, -0.1) is 0 Å². The summed E-state index contributed by atoms with van der Waals surface area (Å²) in [7, 11) is 3.13. The molecule has 8 nitrogen and oxygen atoms in total. The summed E-state index contributed by atoms with van der Waals surface area (Å²) >= 11 is 0. The molecule has 3 rings (SSSR count). The van der Waals surface area contributed by atoms with Crippen molar-refractivity contribution in [2.24, 2.45) is 0 Å². The van der Waals surface area contributed by atoms with E-state index in [9.17, 15) is 4.79 Å². The van der Waals surface area contributed by atoms with E-state index in [1.807, 2.05) is 6.07 Å². The first-order chi connectivity index (χ1) is 12.7. The fourth-order valence-electron chi connectivity index (χ4n) is 2.21. The van der Waals surface area contributed by atoms with E-state index in [0.29, 0.717) is 23.1 Å². The smallest absolute Gasteiger partial charge is 0.248 e. The molecule has 132 valence electrons. The van der Waals surface area contributed by atoms with Crippen molar-refractivity contribution in [1.29, 1.82) is 0 Å². The van der Waals surface area contributed by atoms with E-state index in [0.717, 1.165) is 5.56 Å². The monoisotopic (exact) mass is 351 g/mol. The molecular weight excluding hydrogens is 334 g/mol. The summed E-state index contributed by atoms with van der Waals surface area (Å²) < 4.78 is 12.1. The molecule has 1 amide bonds. The number of benzene rings is 1. The van der Waals surface area contributed by atoms with E-state index in [2.05, 4.69) is 20.3 Å². The van der Waals surface area contributed by atoms with Crippen molar-refractivity contribution in [1.82, 2.24) is 19.5 Å². The lowest BCUT2D eigenvalue weighted by atomic mass is 10.2. The van der Waals surface area contributed by atoms with Crippen molar-refractivity contribution >= 4 is 17.7 Å². The SMILES string of the molecule is COc1ccc(/C=C/C(=O)Nc2cnc(-n3ccnc3)nc2)cc1OC. The molecular formula is C18H17N5O3. The molecule has 0 radical (unpaired) electrons. The minimum atomic E-state index is -0.293. The van der Waals surface area contributed by atoms with Gasteiger partial charge in [-0.25, -0.2) is 15.0 Å². The summed E-state index contributed by atoms with van der Waals surface area (Å²) in [4.78, 5) is 24.3. The van der Waals surface area contributed by atoms with Crippen LogP contribution in [0.1, 0.15) is 5.56 Å². The Hall–Kier alpha value is -3.68. The first kappa shape index (κ1) is 17.2. The normalized spacial score (nSPS) is 10.7. The third-order valence-corrected chi connectivity index (χ3v) is 3.48. The number of nitrogens with zero attached hydrogens (tertiary/aromatic N) is 4. The fraction of sp³-hybridized carbons (Fsp3) is 0.111. The molecule has 0 aliphatic rings. The Morgan fingerprint density at radius 1 is 1.15 bits per heavy atom. The number of nitrogens with one attached hydrogen (secondary N) is 1. The average Bonchev–Trinajstić information content (AvgIpc) is 3.21. The zero-order chi connectivity index (χ0) is 18.4. The van der Waals surface area contributed by atoms with Gasteiger partial charge in [0.15, 0.2) is 11.5 Å². The number of hydrogen-bond acceptors (Lipinski definition) is 6. The van der Waals surface area contributed by atoms with Gasteiger partial charge in [-0.1, -0.05) is 6.07 Å². The Bertz CT molecular complexity index is 905. The third kappa shape index (κ3) is 4.04. The number of carbonyl (C=O) groups excluding carboxylic acids is 1. The van der Waals surface area contributed by atoms with Crippen LogP contribution in [0, 0.1) is 0 Å². The van der Waals surface area contributed by atoms with Crippen LogP contribution in [0.3, 0.4) is 0 Å². The van der Waals surface area contributed by atoms with Crippen LogP contribution in [0.5, 0.6) is 11.5 Å². The van der Waals surface area contributed by atoms with Crippen LogP contribution in [0.15, 0.2) is 55.4 Å². The number of imidazole rings is 1. The predicted octanol–water partition coefficient (Wildman–Crippen LogP) is 2.33. The summed E-state index contributed by atoms with van der Waals surface area (Å²) in [5.74, 6) is 1.41. The number of anilines is 1. The minimum Gasteiger partial charge on any atom is -0.493 e. The Labute approximate surface area is 150 Å². The number of methoxy groups -OCH3 is 2. The standard InChI is InChI=1S/C18H17N5O3/c1-25-15-5-3-13(9-16(15)26-2)4-6-17(24)22-14-10-20-18(21-11-14)23-8-7-19-12-23/h3-12H,1-2H3,(H,22,24)/b6-4+. The van der Waals surface area contributed by atoms with Gasteiger partial charge in [0.2, 0.25) is 11.9 Å². The molecule has 0 spiro atoms. The van der Waals surface area contributed by atoms with Gasteiger partial charge in [-0.2, -0.15) is 0 Å². The molecule has 0 saturated carbocycles. The highest BCUT2D eigenvalue weighted by atomic mass is 16.5. The van der Waals surface area contributed by atoms with E-state index in [1.165, 1.54) is 18.5 Å². The van der Waals surface area contributed by atoms with Crippen LogP contribution in [0.2, 0.25) is 0 Å². The highest BCUT2D eigenvalue weighted by Gasteiger charge is 2.04. The van der Waals surface area contributed by atoms with Gasteiger partial charge in [-0.3, -0.25) is 9.36 Å². The quantitative estimate of drug-likeness (QED) is 0.686. The zero-order valence-corrected chi connectivity index (χ0v) is 14.3. The third-order valence-electron chi connectivity index (χ3n) is 3.48. The van der Waals surface area contributed by atoms with E-state index >= 15 is 0 Å². The molecule has 1 N–H and O–H groups in total. The Morgan fingerprint density at radius 3 is 2.58 bits per heavy atom. The van der Waals surface area contributed by atoms with Crippen molar-refractivity contribution < 1.29 is 14.3 Å². The number of amides is 1. The van der Waals surface area contributed by atoms with E-state index in [4.69, 9.17) is 9.47 Å². The van der Waals surface area contributed by atoms with E-state index in [-0.39, 0.29) is 5.91 Å². The topological polar surface area (TPSA) is 91.2 Å². The van der Waals surface area contributed by atoms with Crippen molar-refractivity contribution in [3.63, 3.8) is 0 Å². The van der Waals surface area contributed by atoms with Gasteiger partial charge in [-0.05, 0) is 23.8 Å². The molecule has 3 aromatic rings. The van der Waals surface area contributed by atoms with Crippen LogP contribution in [-0.4, -0.2) is 39.6 Å². The van der Waals surface area contributed by atoms with Crippen LogP contribution in [0.4, 0.5) is 5.69 Å². The molecule has 1 aromatic carbocycles.